The topological polar surface area (TPSA) is 0 Å². The molecule has 0 saturated carbocycles. The zero-order chi connectivity index (χ0) is 26.7. The maximum Gasteiger partial charge on any atom is -0.00139 e. The first-order valence-electron chi connectivity index (χ1n) is 14.6. The van der Waals surface area contributed by atoms with Crippen molar-refractivity contribution in [3.05, 3.63) is 170 Å². The van der Waals surface area contributed by atoms with Crippen molar-refractivity contribution in [1.82, 2.24) is 0 Å². The second-order valence-corrected chi connectivity index (χ2v) is 11.1. The lowest BCUT2D eigenvalue weighted by Crippen LogP contribution is -2.30. The van der Waals surface area contributed by atoms with Crippen LogP contribution in [0.3, 0.4) is 0 Å². The van der Waals surface area contributed by atoms with Crippen LogP contribution in [0.25, 0.3) is 29.4 Å². The van der Waals surface area contributed by atoms with Gasteiger partial charge in [-0.1, -0.05) is 134 Å². The molecule has 0 aliphatic heterocycles. The van der Waals surface area contributed by atoms with Crippen LogP contribution in [0.4, 0.5) is 0 Å². The predicted octanol–water partition coefficient (Wildman–Crippen LogP) is 8.44. The van der Waals surface area contributed by atoms with Gasteiger partial charge < -0.3 is 0 Å². The fourth-order valence-electron chi connectivity index (χ4n) is 6.49. The highest BCUT2D eigenvalue weighted by molar-refractivity contribution is 5.80. The summed E-state index contributed by atoms with van der Waals surface area (Å²) in [5.41, 5.74) is 13.9. The van der Waals surface area contributed by atoms with E-state index in [0.717, 1.165) is 38.5 Å². The van der Waals surface area contributed by atoms with Crippen LogP contribution >= 0.6 is 0 Å². The van der Waals surface area contributed by atoms with E-state index in [1.165, 1.54) is 66.1 Å². The first-order valence-corrected chi connectivity index (χ1v) is 14.6. The van der Waals surface area contributed by atoms with Crippen molar-refractivity contribution in [1.29, 1.82) is 0 Å². The van der Waals surface area contributed by atoms with E-state index in [2.05, 4.69) is 134 Å². The van der Waals surface area contributed by atoms with Crippen LogP contribution in [0, 0.1) is 0 Å². The van der Waals surface area contributed by atoms with Crippen molar-refractivity contribution in [3.8, 4) is 0 Å². The Balaban J connectivity index is 1.49. The maximum absolute atomic E-state index is 2.47. The second kappa shape index (κ2) is 11.0. The SMILES string of the molecule is C1=Cc2ccc(C3=c4ccccc4=C(/C4=C\c5cccc6c5C/C(=C\C=C/C4)C=C6)C/C=C\C=C/C3)cc2CC1. The van der Waals surface area contributed by atoms with E-state index in [1.807, 2.05) is 0 Å². The Bertz CT molecular complexity index is 1820. The van der Waals surface area contributed by atoms with Gasteiger partial charge in [-0.2, -0.15) is 0 Å². The summed E-state index contributed by atoms with van der Waals surface area (Å²) in [6.07, 6.45) is 33.5. The smallest absolute Gasteiger partial charge is 0.00139 e. The van der Waals surface area contributed by atoms with Gasteiger partial charge in [0.2, 0.25) is 0 Å². The standard InChI is InChI=1S/C40H34/c1-2-4-19-37(35-25-24-30-13-7-8-14-32(30)27-35)39-21-10-9-20-38(39)36(18-3-1)33-15-6-5-12-29-22-23-31-16-11-17-34(28-33)40(31)26-29/h1-7,9-13,16-17,20-25,27-28H,8,14-15,18-19,26H2/b3-1-,4-2-,6-5-,29-12-,33-28-,38-36?,39-37?. The van der Waals surface area contributed by atoms with E-state index < -0.39 is 0 Å². The van der Waals surface area contributed by atoms with E-state index in [9.17, 15) is 0 Å². The van der Waals surface area contributed by atoms with E-state index >= 15 is 0 Å². The quantitative estimate of drug-likeness (QED) is 0.322. The van der Waals surface area contributed by atoms with Crippen LogP contribution in [-0.2, 0) is 12.8 Å². The third kappa shape index (κ3) is 4.87. The second-order valence-electron chi connectivity index (χ2n) is 11.1. The van der Waals surface area contributed by atoms with E-state index in [1.54, 1.807) is 0 Å². The van der Waals surface area contributed by atoms with Crippen LogP contribution < -0.4 is 10.4 Å². The molecule has 0 saturated heterocycles. The van der Waals surface area contributed by atoms with E-state index in [0.29, 0.717) is 0 Å². The average Bonchev–Trinajstić information content (AvgIpc) is 3.01. The molecule has 0 heterocycles. The lowest BCUT2D eigenvalue weighted by atomic mass is 9.86. The average molecular weight is 515 g/mol. The largest absolute Gasteiger partial charge is 0.0836 e. The van der Waals surface area contributed by atoms with Gasteiger partial charge in [-0.05, 0) is 105 Å². The summed E-state index contributed by atoms with van der Waals surface area (Å²) in [4.78, 5) is 0. The molecule has 0 unspecified atom stereocenters. The fraction of sp³-hybridized carbons (Fsp3) is 0.150. The molecule has 0 heteroatoms. The zero-order valence-electron chi connectivity index (χ0n) is 22.9. The highest BCUT2D eigenvalue weighted by Crippen LogP contribution is 2.31. The number of benzene rings is 3. The minimum Gasteiger partial charge on any atom is -0.0836 e. The Morgan fingerprint density at radius 1 is 0.575 bits per heavy atom. The van der Waals surface area contributed by atoms with Gasteiger partial charge in [-0.15, -0.1) is 0 Å². The lowest BCUT2D eigenvalue weighted by molar-refractivity contribution is 0.984. The van der Waals surface area contributed by atoms with Crippen molar-refractivity contribution >= 4 is 29.4 Å². The van der Waals surface area contributed by atoms with Crippen molar-refractivity contribution in [2.45, 2.75) is 38.5 Å². The van der Waals surface area contributed by atoms with Crippen molar-refractivity contribution in [2.75, 3.05) is 0 Å². The molecule has 194 valence electrons. The van der Waals surface area contributed by atoms with Gasteiger partial charge in [0.1, 0.15) is 0 Å². The fourth-order valence-corrected chi connectivity index (χ4v) is 6.49. The molecule has 0 amide bonds. The zero-order valence-corrected chi connectivity index (χ0v) is 22.9. The van der Waals surface area contributed by atoms with Gasteiger partial charge >= 0.3 is 0 Å². The summed E-state index contributed by atoms with van der Waals surface area (Å²) in [5.74, 6) is 0. The van der Waals surface area contributed by atoms with Gasteiger partial charge in [0, 0.05) is 0 Å². The molecule has 4 aliphatic rings. The molecule has 3 aromatic carbocycles. The molecule has 0 atom stereocenters. The van der Waals surface area contributed by atoms with Gasteiger partial charge in [-0.3, -0.25) is 0 Å². The van der Waals surface area contributed by atoms with E-state index in [4.69, 9.17) is 0 Å². The highest BCUT2D eigenvalue weighted by Gasteiger charge is 2.15. The first kappa shape index (κ1) is 24.6. The molecule has 0 nitrogen and oxygen atoms in total. The number of hydrogen-bond acceptors (Lipinski definition) is 0. The minimum atomic E-state index is 0.902. The molecule has 3 aromatic rings. The monoisotopic (exact) mass is 514 g/mol. The Kier molecular flexibility index (Phi) is 6.76. The molecular formula is C40H34. The molecule has 2 bridgehead atoms. The summed E-state index contributed by atoms with van der Waals surface area (Å²) >= 11 is 0. The molecule has 40 heavy (non-hydrogen) atoms. The minimum absolute atomic E-state index is 0.902. The molecular weight excluding hydrogens is 480 g/mol. The molecule has 0 fully saturated rings. The Hall–Kier alpha value is -4.42. The number of aryl methyl sites for hydroxylation is 1. The summed E-state index contributed by atoms with van der Waals surface area (Å²) in [6.45, 7) is 0. The molecule has 0 spiro atoms. The molecule has 0 N–H and O–H groups in total. The van der Waals surface area contributed by atoms with Crippen molar-refractivity contribution < 1.29 is 0 Å². The van der Waals surface area contributed by atoms with Crippen LogP contribution in [-0.4, -0.2) is 0 Å². The normalized spacial score (nSPS) is 22.6. The Morgan fingerprint density at radius 2 is 1.38 bits per heavy atom. The number of hydrogen-bond donors (Lipinski definition) is 0. The predicted molar refractivity (Wildman–Crippen MR) is 172 cm³/mol. The number of rotatable bonds is 2. The lowest BCUT2D eigenvalue weighted by Gasteiger charge is -2.19. The summed E-state index contributed by atoms with van der Waals surface area (Å²) in [7, 11) is 0. The molecule has 4 aliphatic carbocycles. The van der Waals surface area contributed by atoms with Crippen molar-refractivity contribution in [2.24, 2.45) is 0 Å². The number of fused-ring (bicyclic) bond motifs is 3. The summed E-state index contributed by atoms with van der Waals surface area (Å²) < 4.78 is 0. The van der Waals surface area contributed by atoms with Crippen LogP contribution in [0.2, 0.25) is 0 Å². The Labute approximate surface area is 237 Å². The first-order chi connectivity index (χ1) is 19.8. The van der Waals surface area contributed by atoms with Crippen LogP contribution in [0.15, 0.2) is 126 Å². The number of allylic oxidation sites excluding steroid dienone is 11. The molecule has 7 rings (SSSR count). The Morgan fingerprint density at radius 3 is 2.27 bits per heavy atom. The third-order valence-corrected chi connectivity index (χ3v) is 8.58. The van der Waals surface area contributed by atoms with Gasteiger partial charge in [0.15, 0.2) is 0 Å². The maximum atomic E-state index is 2.47. The molecule has 0 aromatic heterocycles. The molecule has 0 radical (unpaired) electrons. The highest BCUT2D eigenvalue weighted by atomic mass is 14.2. The van der Waals surface area contributed by atoms with Crippen LogP contribution in [0.1, 0.15) is 59.1 Å². The van der Waals surface area contributed by atoms with E-state index in [-0.39, 0.29) is 0 Å². The van der Waals surface area contributed by atoms with Gasteiger partial charge in [0.25, 0.3) is 0 Å². The van der Waals surface area contributed by atoms with Gasteiger partial charge in [-0.25, -0.2) is 0 Å². The summed E-state index contributed by atoms with van der Waals surface area (Å²) in [5, 5.41) is 2.71. The summed E-state index contributed by atoms with van der Waals surface area (Å²) in [6, 6.07) is 22.9. The third-order valence-electron chi connectivity index (χ3n) is 8.58. The van der Waals surface area contributed by atoms with Crippen molar-refractivity contribution in [3.63, 3.8) is 0 Å². The van der Waals surface area contributed by atoms with Gasteiger partial charge in [0.05, 0.1) is 0 Å². The van der Waals surface area contributed by atoms with Crippen LogP contribution in [0.5, 0.6) is 0 Å².